The van der Waals surface area contributed by atoms with E-state index in [1.54, 1.807) is 24.3 Å². The number of benzene rings is 1. The lowest BCUT2D eigenvalue weighted by Gasteiger charge is -2.16. The van der Waals surface area contributed by atoms with Gasteiger partial charge in [0, 0.05) is 5.69 Å². The smallest absolute Gasteiger partial charge is 0.321 e. The van der Waals surface area contributed by atoms with Gasteiger partial charge in [-0.3, -0.25) is 4.79 Å². The molecule has 2 aromatic rings. The first-order chi connectivity index (χ1) is 11.0. The normalized spacial score (nSPS) is 11.7. The summed E-state index contributed by atoms with van der Waals surface area (Å²) in [7, 11) is 0. The molecular formula is C18H18N2O2S. The van der Waals surface area contributed by atoms with Gasteiger partial charge in [-0.05, 0) is 37.0 Å². The monoisotopic (exact) mass is 326 g/mol. The topological polar surface area (TPSA) is 74.0 Å². The molecule has 0 aliphatic carbocycles. The Bertz CT molecular complexity index is 767. The first kappa shape index (κ1) is 17.0. The van der Waals surface area contributed by atoms with Crippen molar-refractivity contribution in [2.45, 2.75) is 37.5 Å². The number of carbonyl (C=O) groups is 1. The molecule has 0 fully saturated rings. The fourth-order valence-corrected chi connectivity index (χ4v) is 3.72. The Kier molecular flexibility index (Phi) is 5.41. The van der Waals surface area contributed by atoms with Crippen LogP contribution in [0.4, 0.5) is 0 Å². The van der Waals surface area contributed by atoms with Gasteiger partial charge in [0.05, 0.1) is 5.56 Å². The van der Waals surface area contributed by atoms with Crippen molar-refractivity contribution < 1.29 is 9.90 Å². The van der Waals surface area contributed by atoms with Crippen LogP contribution in [0, 0.1) is 25.2 Å². The highest BCUT2D eigenvalue weighted by atomic mass is 32.2. The maximum absolute atomic E-state index is 11.7. The summed E-state index contributed by atoms with van der Waals surface area (Å²) in [4.78, 5) is 16.2. The van der Waals surface area contributed by atoms with Crippen LogP contribution in [0.1, 0.15) is 40.1 Å². The summed E-state index contributed by atoms with van der Waals surface area (Å²) in [6, 6.07) is 11.2. The molecule has 0 spiro atoms. The zero-order valence-corrected chi connectivity index (χ0v) is 14.1. The zero-order valence-electron chi connectivity index (χ0n) is 13.3. The van der Waals surface area contributed by atoms with Gasteiger partial charge in [0.2, 0.25) is 0 Å². The van der Waals surface area contributed by atoms with Crippen LogP contribution in [0.25, 0.3) is 0 Å². The first-order valence-electron chi connectivity index (χ1n) is 7.34. The Balaban J connectivity index is 2.50. The highest BCUT2D eigenvalue weighted by molar-refractivity contribution is 8.00. The molecule has 1 heterocycles. The van der Waals surface area contributed by atoms with Crippen LogP contribution in [0.2, 0.25) is 0 Å². The van der Waals surface area contributed by atoms with E-state index < -0.39 is 11.2 Å². The third-order valence-electron chi connectivity index (χ3n) is 3.77. The number of carboxylic acids is 1. The highest BCUT2D eigenvalue weighted by Crippen LogP contribution is 2.37. The molecule has 0 aliphatic rings. The summed E-state index contributed by atoms with van der Waals surface area (Å²) < 4.78 is 0. The highest BCUT2D eigenvalue weighted by Gasteiger charge is 2.25. The van der Waals surface area contributed by atoms with Gasteiger partial charge >= 0.3 is 5.97 Å². The first-order valence-corrected chi connectivity index (χ1v) is 8.22. The number of hydrogen-bond acceptors (Lipinski definition) is 4. The summed E-state index contributed by atoms with van der Waals surface area (Å²) in [6.07, 6.45) is 0.797. The molecule has 0 radical (unpaired) electrons. The van der Waals surface area contributed by atoms with E-state index in [1.165, 1.54) is 0 Å². The summed E-state index contributed by atoms with van der Waals surface area (Å²) >= 11 is 1.12. The largest absolute Gasteiger partial charge is 0.480 e. The van der Waals surface area contributed by atoms with Gasteiger partial charge < -0.3 is 5.11 Å². The van der Waals surface area contributed by atoms with E-state index in [9.17, 15) is 15.2 Å². The second-order valence-corrected chi connectivity index (χ2v) is 6.29. The van der Waals surface area contributed by atoms with Crippen LogP contribution in [0.15, 0.2) is 35.4 Å². The van der Waals surface area contributed by atoms with Gasteiger partial charge in [0.1, 0.15) is 16.3 Å². The van der Waals surface area contributed by atoms with Crippen molar-refractivity contribution in [2.24, 2.45) is 0 Å². The Labute approximate surface area is 140 Å². The van der Waals surface area contributed by atoms with Gasteiger partial charge in [0.25, 0.3) is 0 Å². The van der Waals surface area contributed by atoms with Gasteiger partial charge in [-0.2, -0.15) is 5.26 Å². The molecule has 1 aromatic carbocycles. The number of pyridine rings is 1. The molecule has 4 nitrogen and oxygen atoms in total. The van der Waals surface area contributed by atoms with E-state index in [0.717, 1.165) is 35.0 Å². The van der Waals surface area contributed by atoms with E-state index in [0.29, 0.717) is 16.2 Å². The lowest BCUT2D eigenvalue weighted by atomic mass is 10.0. The lowest BCUT2D eigenvalue weighted by Crippen LogP contribution is -2.10. The van der Waals surface area contributed by atoms with Gasteiger partial charge in [-0.15, -0.1) is 0 Å². The minimum atomic E-state index is -0.943. The summed E-state index contributed by atoms with van der Waals surface area (Å²) in [5.41, 5.74) is 3.95. The van der Waals surface area contributed by atoms with Crippen molar-refractivity contribution in [3.05, 3.63) is 58.3 Å². The van der Waals surface area contributed by atoms with E-state index in [4.69, 9.17) is 0 Å². The van der Waals surface area contributed by atoms with Gasteiger partial charge in [0.15, 0.2) is 0 Å². The maximum Gasteiger partial charge on any atom is 0.321 e. The molecule has 23 heavy (non-hydrogen) atoms. The molecule has 1 aromatic heterocycles. The molecule has 1 N–H and O–H groups in total. The number of aryl methyl sites for hydroxylation is 1. The quantitative estimate of drug-likeness (QED) is 0.839. The minimum Gasteiger partial charge on any atom is -0.480 e. The molecule has 5 heteroatoms. The Morgan fingerprint density at radius 3 is 2.52 bits per heavy atom. The second-order valence-electron chi connectivity index (χ2n) is 5.19. The summed E-state index contributed by atoms with van der Waals surface area (Å²) in [5.74, 6) is -0.943. The number of thioether (sulfide) groups is 1. The van der Waals surface area contributed by atoms with E-state index in [1.807, 2.05) is 26.8 Å². The van der Waals surface area contributed by atoms with Gasteiger partial charge in [-0.1, -0.05) is 49.0 Å². The average molecular weight is 326 g/mol. The van der Waals surface area contributed by atoms with Crippen molar-refractivity contribution >= 4 is 17.7 Å². The lowest BCUT2D eigenvalue weighted by molar-refractivity contribution is -0.136. The molecule has 2 rings (SSSR count). The maximum atomic E-state index is 11.7. The zero-order chi connectivity index (χ0) is 17.0. The molecule has 0 unspecified atom stereocenters. The van der Waals surface area contributed by atoms with Crippen LogP contribution in [-0.4, -0.2) is 16.1 Å². The molecule has 118 valence electrons. The van der Waals surface area contributed by atoms with Crippen LogP contribution >= 0.6 is 11.8 Å². The van der Waals surface area contributed by atoms with Crippen molar-refractivity contribution in [2.75, 3.05) is 0 Å². The minimum absolute atomic E-state index is 0.472. The molecule has 1 atom stereocenters. The summed E-state index contributed by atoms with van der Waals surface area (Å²) in [5, 5.41) is 18.7. The molecule has 0 saturated heterocycles. The van der Waals surface area contributed by atoms with E-state index in [2.05, 4.69) is 11.1 Å². The Morgan fingerprint density at radius 2 is 2.00 bits per heavy atom. The molecule has 0 aliphatic heterocycles. The number of carboxylic acid groups (broad SMARTS) is 1. The third kappa shape index (κ3) is 3.54. The van der Waals surface area contributed by atoms with E-state index in [-0.39, 0.29) is 0 Å². The SMILES string of the molecule is CCc1c(C)nc(S[C@@H](C(=O)O)c2ccccc2)c(C#N)c1C. The number of hydrogen-bond donors (Lipinski definition) is 1. The van der Waals surface area contributed by atoms with Crippen LogP contribution in [0.5, 0.6) is 0 Å². The molecule has 0 amide bonds. The second kappa shape index (κ2) is 7.30. The average Bonchev–Trinajstić information content (AvgIpc) is 2.53. The molecule has 0 saturated carbocycles. The number of rotatable bonds is 5. The van der Waals surface area contributed by atoms with Crippen molar-refractivity contribution in [1.29, 1.82) is 5.26 Å². The number of nitriles is 1. The number of aromatic nitrogens is 1. The predicted molar refractivity (Wildman–Crippen MR) is 90.5 cm³/mol. The van der Waals surface area contributed by atoms with Crippen molar-refractivity contribution in [1.82, 2.24) is 4.98 Å². The third-order valence-corrected chi connectivity index (χ3v) is 5.00. The summed E-state index contributed by atoms with van der Waals surface area (Å²) in [6.45, 7) is 5.82. The standard InChI is InChI=1S/C18H18N2O2S/c1-4-14-11(2)15(10-19)17(20-12(14)3)23-16(18(21)22)13-8-6-5-7-9-13/h5-9,16H,4H2,1-3H3,(H,21,22)/t16-/m1/s1. The van der Waals surface area contributed by atoms with Crippen LogP contribution in [-0.2, 0) is 11.2 Å². The molecular weight excluding hydrogens is 308 g/mol. The van der Waals surface area contributed by atoms with Crippen LogP contribution < -0.4 is 0 Å². The van der Waals surface area contributed by atoms with Crippen LogP contribution in [0.3, 0.4) is 0 Å². The Morgan fingerprint density at radius 1 is 1.35 bits per heavy atom. The van der Waals surface area contributed by atoms with Crippen molar-refractivity contribution in [3.8, 4) is 6.07 Å². The van der Waals surface area contributed by atoms with E-state index >= 15 is 0 Å². The molecule has 0 bridgehead atoms. The fraction of sp³-hybridized carbons (Fsp3) is 0.278. The number of nitrogens with zero attached hydrogens (tertiary/aromatic N) is 2. The fourth-order valence-electron chi connectivity index (χ4n) is 2.60. The Hall–Kier alpha value is -2.32. The van der Waals surface area contributed by atoms with Crippen molar-refractivity contribution in [3.63, 3.8) is 0 Å². The van der Waals surface area contributed by atoms with Gasteiger partial charge in [-0.25, -0.2) is 4.98 Å². The predicted octanol–water partition coefficient (Wildman–Crippen LogP) is 4.05. The number of aliphatic carboxylic acids is 1.